The number of carboxylic acids is 1. The summed E-state index contributed by atoms with van der Waals surface area (Å²) in [7, 11) is 0. The van der Waals surface area contributed by atoms with E-state index in [1.54, 1.807) is 23.4 Å². The van der Waals surface area contributed by atoms with Crippen molar-refractivity contribution in [3.8, 4) is 0 Å². The van der Waals surface area contributed by atoms with Crippen molar-refractivity contribution in [1.29, 1.82) is 0 Å². The highest BCUT2D eigenvalue weighted by molar-refractivity contribution is 5.90. The van der Waals surface area contributed by atoms with E-state index >= 15 is 0 Å². The summed E-state index contributed by atoms with van der Waals surface area (Å²) < 4.78 is 5.55. The number of pyridine rings is 1. The van der Waals surface area contributed by atoms with E-state index in [1.165, 1.54) is 0 Å². The zero-order valence-corrected chi connectivity index (χ0v) is 11.0. The molecule has 0 unspecified atom stereocenters. The predicted molar refractivity (Wildman–Crippen MR) is 70.4 cm³/mol. The Morgan fingerprint density at radius 1 is 1.45 bits per heavy atom. The molecule has 3 rings (SSSR count). The molecule has 106 valence electrons. The van der Waals surface area contributed by atoms with Crippen LogP contribution in [0.25, 0.3) is 0 Å². The van der Waals surface area contributed by atoms with Gasteiger partial charge in [0.2, 0.25) is 0 Å². The molecule has 1 aromatic heterocycles. The van der Waals surface area contributed by atoms with Gasteiger partial charge in [-0.3, -0.25) is 14.7 Å². The molecular formula is C14H16N2O4. The van der Waals surface area contributed by atoms with Crippen LogP contribution in [0.4, 0.5) is 10.5 Å². The van der Waals surface area contributed by atoms with Gasteiger partial charge in [0.05, 0.1) is 24.3 Å². The molecule has 0 atom stereocenters. The second-order valence-corrected chi connectivity index (χ2v) is 5.46. The normalized spacial score (nSPS) is 29.5. The lowest BCUT2D eigenvalue weighted by Crippen LogP contribution is -2.40. The van der Waals surface area contributed by atoms with Crippen molar-refractivity contribution in [2.45, 2.75) is 31.3 Å². The second kappa shape index (κ2) is 4.77. The molecule has 0 radical (unpaired) electrons. The molecule has 1 aliphatic carbocycles. The molecule has 6 nitrogen and oxygen atoms in total. The first-order valence-corrected chi connectivity index (χ1v) is 6.73. The number of carbonyl (C=O) groups excluding carboxylic acids is 1. The van der Waals surface area contributed by atoms with Crippen molar-refractivity contribution in [3.63, 3.8) is 0 Å². The summed E-state index contributed by atoms with van der Waals surface area (Å²) in [6, 6.07) is 3.59. The Labute approximate surface area is 116 Å². The van der Waals surface area contributed by atoms with E-state index in [1.807, 2.05) is 6.07 Å². The third-order valence-electron chi connectivity index (χ3n) is 4.17. The summed E-state index contributed by atoms with van der Waals surface area (Å²) in [4.78, 5) is 28.6. The molecule has 2 aliphatic rings. The Morgan fingerprint density at radius 2 is 2.20 bits per heavy atom. The van der Waals surface area contributed by atoms with Gasteiger partial charge in [-0.05, 0) is 37.8 Å². The fourth-order valence-electron chi connectivity index (χ4n) is 2.99. The maximum atomic E-state index is 12.0. The topological polar surface area (TPSA) is 79.7 Å². The lowest BCUT2D eigenvalue weighted by atomic mass is 9.79. The highest BCUT2D eigenvalue weighted by atomic mass is 16.6. The van der Waals surface area contributed by atoms with E-state index in [0.717, 1.165) is 5.69 Å². The van der Waals surface area contributed by atoms with Crippen LogP contribution < -0.4 is 4.90 Å². The molecule has 1 saturated heterocycles. The second-order valence-electron chi connectivity index (χ2n) is 5.46. The quantitative estimate of drug-likeness (QED) is 0.894. The highest BCUT2D eigenvalue weighted by Crippen LogP contribution is 2.40. The summed E-state index contributed by atoms with van der Waals surface area (Å²) in [5.74, 6) is -1.07. The molecule has 6 heteroatoms. The van der Waals surface area contributed by atoms with Crippen LogP contribution in [-0.2, 0) is 9.53 Å². The fourth-order valence-corrected chi connectivity index (χ4v) is 2.99. The first kappa shape index (κ1) is 12.9. The maximum absolute atomic E-state index is 12.0. The summed E-state index contributed by atoms with van der Waals surface area (Å²) in [6.45, 7) is 0.476. The van der Waals surface area contributed by atoms with Crippen LogP contribution in [0.2, 0.25) is 0 Å². The van der Waals surface area contributed by atoms with Gasteiger partial charge in [-0.1, -0.05) is 0 Å². The van der Waals surface area contributed by atoms with Gasteiger partial charge >= 0.3 is 12.1 Å². The van der Waals surface area contributed by atoms with Crippen LogP contribution in [0, 0.1) is 5.92 Å². The van der Waals surface area contributed by atoms with Crippen LogP contribution in [0.5, 0.6) is 0 Å². The SMILES string of the molecule is O=C1O[C@]2(CC[C@H](C(=O)O)CC2)CN1c1cccnc1. The van der Waals surface area contributed by atoms with Gasteiger partial charge in [-0.15, -0.1) is 0 Å². The first-order valence-electron chi connectivity index (χ1n) is 6.73. The summed E-state index contributed by atoms with van der Waals surface area (Å²) in [6.07, 6.45) is 5.24. The third kappa shape index (κ3) is 2.21. The van der Waals surface area contributed by atoms with Gasteiger partial charge in [0, 0.05) is 6.20 Å². The Balaban J connectivity index is 1.73. The van der Waals surface area contributed by atoms with Gasteiger partial charge in [-0.25, -0.2) is 4.79 Å². The number of ether oxygens (including phenoxy) is 1. The molecule has 1 saturated carbocycles. The Bertz CT molecular complexity index is 523. The monoisotopic (exact) mass is 276 g/mol. The standard InChI is InChI=1S/C14H16N2O4/c17-12(18)10-3-5-14(6-4-10)9-16(13(19)20-14)11-2-1-7-15-8-11/h1-2,7-8,10H,3-6,9H2,(H,17,18)/t10-,14-. The molecule has 1 spiro atoms. The van der Waals surface area contributed by atoms with E-state index in [0.29, 0.717) is 32.2 Å². The van der Waals surface area contributed by atoms with Crippen molar-refractivity contribution >= 4 is 17.7 Å². The number of hydrogen-bond acceptors (Lipinski definition) is 4. The van der Waals surface area contributed by atoms with Crippen LogP contribution in [0.15, 0.2) is 24.5 Å². The molecule has 2 heterocycles. The van der Waals surface area contributed by atoms with Gasteiger partial charge in [0.15, 0.2) is 0 Å². The number of amides is 1. The number of aliphatic carboxylic acids is 1. The Hall–Kier alpha value is -2.11. The van der Waals surface area contributed by atoms with E-state index in [-0.39, 0.29) is 12.0 Å². The number of rotatable bonds is 2. The van der Waals surface area contributed by atoms with Crippen LogP contribution in [-0.4, -0.2) is 34.3 Å². The zero-order valence-electron chi connectivity index (χ0n) is 11.0. The minimum Gasteiger partial charge on any atom is -0.481 e. The number of hydrogen-bond donors (Lipinski definition) is 1. The number of anilines is 1. The molecule has 2 fully saturated rings. The summed E-state index contributed by atoms with van der Waals surface area (Å²) in [5, 5.41) is 9.03. The molecular weight excluding hydrogens is 260 g/mol. The smallest absolute Gasteiger partial charge is 0.415 e. The van der Waals surface area contributed by atoms with Crippen molar-refractivity contribution in [3.05, 3.63) is 24.5 Å². The lowest BCUT2D eigenvalue weighted by molar-refractivity contribution is -0.144. The number of nitrogens with zero attached hydrogens (tertiary/aromatic N) is 2. The summed E-state index contributed by atoms with van der Waals surface area (Å²) >= 11 is 0. The first-order chi connectivity index (χ1) is 9.60. The van der Waals surface area contributed by atoms with Gasteiger partial charge < -0.3 is 9.84 Å². The number of aromatic nitrogens is 1. The van der Waals surface area contributed by atoms with Crippen LogP contribution in [0.3, 0.4) is 0 Å². The van der Waals surface area contributed by atoms with E-state index < -0.39 is 11.6 Å². The average molecular weight is 276 g/mol. The van der Waals surface area contributed by atoms with Crippen molar-refractivity contribution in [1.82, 2.24) is 4.98 Å². The molecule has 1 amide bonds. The Morgan fingerprint density at radius 3 is 2.80 bits per heavy atom. The van der Waals surface area contributed by atoms with Crippen molar-refractivity contribution < 1.29 is 19.4 Å². The van der Waals surface area contributed by atoms with Gasteiger partial charge in [-0.2, -0.15) is 0 Å². The molecule has 1 aromatic rings. The minimum atomic E-state index is -0.756. The third-order valence-corrected chi connectivity index (χ3v) is 4.17. The van der Waals surface area contributed by atoms with Crippen LogP contribution >= 0.6 is 0 Å². The minimum absolute atomic E-state index is 0.313. The van der Waals surface area contributed by atoms with E-state index in [2.05, 4.69) is 4.98 Å². The van der Waals surface area contributed by atoms with Crippen LogP contribution in [0.1, 0.15) is 25.7 Å². The zero-order chi connectivity index (χ0) is 14.2. The molecule has 1 aliphatic heterocycles. The lowest BCUT2D eigenvalue weighted by Gasteiger charge is -2.33. The van der Waals surface area contributed by atoms with Crippen molar-refractivity contribution in [2.75, 3.05) is 11.4 Å². The average Bonchev–Trinajstić information content (AvgIpc) is 2.77. The fraction of sp³-hybridized carbons (Fsp3) is 0.500. The predicted octanol–water partition coefficient (Wildman–Crippen LogP) is 2.05. The van der Waals surface area contributed by atoms with Crippen molar-refractivity contribution in [2.24, 2.45) is 5.92 Å². The van der Waals surface area contributed by atoms with E-state index in [4.69, 9.17) is 9.84 Å². The van der Waals surface area contributed by atoms with Gasteiger partial charge in [0.25, 0.3) is 0 Å². The molecule has 20 heavy (non-hydrogen) atoms. The molecule has 0 aromatic carbocycles. The number of carboxylic acid groups (broad SMARTS) is 1. The largest absolute Gasteiger partial charge is 0.481 e. The molecule has 0 bridgehead atoms. The van der Waals surface area contributed by atoms with E-state index in [9.17, 15) is 9.59 Å². The van der Waals surface area contributed by atoms with Gasteiger partial charge in [0.1, 0.15) is 5.60 Å². The maximum Gasteiger partial charge on any atom is 0.415 e. The summed E-state index contributed by atoms with van der Waals surface area (Å²) in [5.41, 5.74) is 0.188. The Kier molecular flexibility index (Phi) is 3.08. The number of carbonyl (C=O) groups is 2. The molecule has 1 N–H and O–H groups in total. The highest BCUT2D eigenvalue weighted by Gasteiger charge is 2.48.